The molecule has 0 saturated heterocycles. The summed E-state index contributed by atoms with van der Waals surface area (Å²) in [5, 5.41) is 3.13. The van der Waals surface area contributed by atoms with Crippen molar-refractivity contribution in [3.8, 4) is 0 Å². The van der Waals surface area contributed by atoms with Gasteiger partial charge in [0.1, 0.15) is 5.82 Å². The van der Waals surface area contributed by atoms with Gasteiger partial charge < -0.3 is 10.2 Å². The van der Waals surface area contributed by atoms with Crippen molar-refractivity contribution < 1.29 is 4.39 Å². The van der Waals surface area contributed by atoms with E-state index in [1.165, 1.54) is 6.07 Å². The Labute approximate surface area is 84.0 Å². The highest BCUT2D eigenvalue weighted by Gasteiger charge is 2.00. The summed E-state index contributed by atoms with van der Waals surface area (Å²) in [4.78, 5) is 6.02. The number of rotatable bonds is 5. The first-order valence-corrected chi connectivity index (χ1v) is 4.65. The lowest BCUT2D eigenvalue weighted by Gasteiger charge is -2.10. The minimum atomic E-state index is -0.246. The summed E-state index contributed by atoms with van der Waals surface area (Å²) in [6.07, 6.45) is 1.60. The van der Waals surface area contributed by atoms with Gasteiger partial charge in [0, 0.05) is 25.8 Å². The summed E-state index contributed by atoms with van der Waals surface area (Å²) in [5.74, 6) is -0.246. The molecule has 78 valence electrons. The van der Waals surface area contributed by atoms with Crippen LogP contribution < -0.4 is 5.32 Å². The van der Waals surface area contributed by atoms with Crippen LogP contribution in [0.1, 0.15) is 5.69 Å². The van der Waals surface area contributed by atoms with Crippen molar-refractivity contribution >= 4 is 0 Å². The standard InChI is InChI=1S/C10H16FN3/c1-14(2)7-6-12-8-10-9(11)4-3-5-13-10/h3-5,12H,6-8H2,1-2H3. The molecule has 1 rings (SSSR count). The molecule has 4 heteroatoms. The van der Waals surface area contributed by atoms with Crippen LogP contribution in [0.5, 0.6) is 0 Å². The zero-order chi connectivity index (χ0) is 10.4. The third-order valence-electron chi connectivity index (χ3n) is 1.86. The lowest BCUT2D eigenvalue weighted by atomic mass is 10.3. The monoisotopic (exact) mass is 197 g/mol. The maximum Gasteiger partial charge on any atom is 0.146 e. The quantitative estimate of drug-likeness (QED) is 0.710. The molecular weight excluding hydrogens is 181 g/mol. The Bertz CT molecular complexity index is 276. The Morgan fingerprint density at radius 1 is 1.50 bits per heavy atom. The minimum absolute atomic E-state index is 0.246. The van der Waals surface area contributed by atoms with Gasteiger partial charge in [0.2, 0.25) is 0 Å². The van der Waals surface area contributed by atoms with Crippen molar-refractivity contribution in [1.82, 2.24) is 15.2 Å². The number of likely N-dealkylation sites (N-methyl/N-ethyl adjacent to an activating group) is 1. The normalized spacial score (nSPS) is 10.9. The highest BCUT2D eigenvalue weighted by Crippen LogP contribution is 2.00. The smallest absolute Gasteiger partial charge is 0.146 e. The molecule has 0 unspecified atom stereocenters. The molecule has 0 atom stereocenters. The van der Waals surface area contributed by atoms with Gasteiger partial charge in [-0.15, -0.1) is 0 Å². The van der Waals surface area contributed by atoms with Crippen LogP contribution in [0.15, 0.2) is 18.3 Å². The molecule has 1 aromatic rings. The van der Waals surface area contributed by atoms with Crippen LogP contribution in [0, 0.1) is 5.82 Å². The number of nitrogens with one attached hydrogen (secondary N) is 1. The first-order valence-electron chi connectivity index (χ1n) is 4.65. The summed E-state index contributed by atoms with van der Waals surface area (Å²) >= 11 is 0. The molecule has 0 saturated carbocycles. The van der Waals surface area contributed by atoms with Crippen molar-refractivity contribution in [2.45, 2.75) is 6.54 Å². The SMILES string of the molecule is CN(C)CCNCc1ncccc1F. The van der Waals surface area contributed by atoms with E-state index in [0.29, 0.717) is 12.2 Å². The van der Waals surface area contributed by atoms with E-state index in [1.807, 2.05) is 14.1 Å². The third kappa shape index (κ3) is 3.81. The number of nitrogens with zero attached hydrogens (tertiary/aromatic N) is 2. The van der Waals surface area contributed by atoms with Crippen LogP contribution in [0.3, 0.4) is 0 Å². The fourth-order valence-electron chi connectivity index (χ4n) is 1.06. The molecule has 1 N–H and O–H groups in total. The summed E-state index contributed by atoms with van der Waals surface area (Å²) in [7, 11) is 4.01. The fourth-order valence-corrected chi connectivity index (χ4v) is 1.06. The first-order chi connectivity index (χ1) is 6.70. The van der Waals surface area contributed by atoms with Gasteiger partial charge in [-0.2, -0.15) is 0 Å². The molecule has 0 aromatic carbocycles. The molecular formula is C10H16FN3. The van der Waals surface area contributed by atoms with E-state index in [0.717, 1.165) is 13.1 Å². The minimum Gasteiger partial charge on any atom is -0.310 e. The molecule has 1 aromatic heterocycles. The first kappa shape index (κ1) is 11.1. The van der Waals surface area contributed by atoms with Crippen molar-refractivity contribution in [1.29, 1.82) is 0 Å². The van der Waals surface area contributed by atoms with Gasteiger partial charge in [0.05, 0.1) is 5.69 Å². The maximum atomic E-state index is 13.1. The Morgan fingerprint density at radius 2 is 2.29 bits per heavy atom. The summed E-state index contributed by atoms with van der Waals surface area (Å²) in [5.41, 5.74) is 0.478. The predicted octanol–water partition coefficient (Wildman–Crippen LogP) is 0.872. The largest absolute Gasteiger partial charge is 0.310 e. The predicted molar refractivity (Wildman–Crippen MR) is 54.5 cm³/mol. The number of hydrogen-bond acceptors (Lipinski definition) is 3. The maximum absolute atomic E-state index is 13.1. The van der Waals surface area contributed by atoms with Gasteiger partial charge in [0.15, 0.2) is 0 Å². The average Bonchev–Trinajstić information content (AvgIpc) is 2.15. The van der Waals surface area contributed by atoms with E-state index < -0.39 is 0 Å². The van der Waals surface area contributed by atoms with Gasteiger partial charge in [0.25, 0.3) is 0 Å². The highest BCUT2D eigenvalue weighted by atomic mass is 19.1. The molecule has 0 amide bonds. The Hall–Kier alpha value is -1.00. The Balaban J connectivity index is 2.28. The molecule has 0 fully saturated rings. The second kappa shape index (κ2) is 5.67. The Morgan fingerprint density at radius 3 is 2.93 bits per heavy atom. The van der Waals surface area contributed by atoms with Crippen LogP contribution in [0.4, 0.5) is 4.39 Å². The van der Waals surface area contributed by atoms with Gasteiger partial charge in [-0.3, -0.25) is 4.98 Å². The zero-order valence-corrected chi connectivity index (χ0v) is 8.63. The molecule has 0 radical (unpaired) electrons. The van der Waals surface area contributed by atoms with E-state index in [9.17, 15) is 4.39 Å². The van der Waals surface area contributed by atoms with E-state index in [4.69, 9.17) is 0 Å². The van der Waals surface area contributed by atoms with Gasteiger partial charge in [-0.25, -0.2) is 4.39 Å². The molecule has 14 heavy (non-hydrogen) atoms. The van der Waals surface area contributed by atoms with Gasteiger partial charge in [-0.05, 0) is 26.2 Å². The molecule has 1 heterocycles. The third-order valence-corrected chi connectivity index (χ3v) is 1.86. The van der Waals surface area contributed by atoms with E-state index in [2.05, 4.69) is 15.2 Å². The van der Waals surface area contributed by atoms with Crippen LogP contribution in [-0.4, -0.2) is 37.1 Å². The fraction of sp³-hybridized carbons (Fsp3) is 0.500. The molecule has 0 aliphatic heterocycles. The number of pyridine rings is 1. The van der Waals surface area contributed by atoms with E-state index in [-0.39, 0.29) is 5.82 Å². The molecule has 0 spiro atoms. The Kier molecular flexibility index (Phi) is 4.49. The second-order valence-corrected chi connectivity index (χ2v) is 3.41. The number of halogens is 1. The molecule has 0 bridgehead atoms. The highest BCUT2D eigenvalue weighted by molar-refractivity contribution is 5.06. The van der Waals surface area contributed by atoms with Crippen molar-refractivity contribution in [3.63, 3.8) is 0 Å². The van der Waals surface area contributed by atoms with Crippen LogP contribution in [0.25, 0.3) is 0 Å². The van der Waals surface area contributed by atoms with Crippen LogP contribution >= 0.6 is 0 Å². The second-order valence-electron chi connectivity index (χ2n) is 3.41. The van der Waals surface area contributed by atoms with Crippen LogP contribution in [0.2, 0.25) is 0 Å². The van der Waals surface area contributed by atoms with Crippen molar-refractivity contribution in [2.24, 2.45) is 0 Å². The zero-order valence-electron chi connectivity index (χ0n) is 8.63. The van der Waals surface area contributed by atoms with E-state index in [1.54, 1.807) is 12.3 Å². The number of hydrogen-bond donors (Lipinski definition) is 1. The van der Waals surface area contributed by atoms with Crippen molar-refractivity contribution in [3.05, 3.63) is 29.8 Å². The summed E-state index contributed by atoms with van der Waals surface area (Å²) in [6.45, 7) is 2.26. The van der Waals surface area contributed by atoms with Crippen LogP contribution in [-0.2, 0) is 6.54 Å². The van der Waals surface area contributed by atoms with E-state index >= 15 is 0 Å². The summed E-state index contributed by atoms with van der Waals surface area (Å²) < 4.78 is 13.1. The molecule has 0 aliphatic rings. The molecule has 3 nitrogen and oxygen atoms in total. The lowest BCUT2D eigenvalue weighted by Crippen LogP contribution is -2.26. The van der Waals surface area contributed by atoms with Crippen molar-refractivity contribution in [2.75, 3.05) is 27.2 Å². The summed E-state index contributed by atoms with van der Waals surface area (Å²) in [6, 6.07) is 3.02. The number of aromatic nitrogens is 1. The lowest BCUT2D eigenvalue weighted by molar-refractivity contribution is 0.398. The van der Waals surface area contributed by atoms with Gasteiger partial charge >= 0.3 is 0 Å². The molecule has 0 aliphatic carbocycles. The average molecular weight is 197 g/mol. The topological polar surface area (TPSA) is 28.2 Å². The van der Waals surface area contributed by atoms with Gasteiger partial charge in [-0.1, -0.05) is 0 Å².